The van der Waals surface area contributed by atoms with Crippen molar-refractivity contribution in [2.45, 2.75) is 17.6 Å². The van der Waals surface area contributed by atoms with E-state index in [2.05, 4.69) is 4.74 Å². The highest BCUT2D eigenvalue weighted by molar-refractivity contribution is 6.67. The lowest BCUT2D eigenvalue weighted by Crippen LogP contribution is -2.19. The molecule has 6 heteroatoms. The molecular weight excluding hydrogens is 286 g/mol. The molecule has 94 valence electrons. The number of hydrogen-bond donors (Lipinski definition) is 0. The van der Waals surface area contributed by atoms with Gasteiger partial charge in [-0.1, -0.05) is 40.9 Å². The van der Waals surface area contributed by atoms with Gasteiger partial charge in [-0.05, 0) is 37.1 Å². The van der Waals surface area contributed by atoms with E-state index in [1.54, 1.807) is 12.1 Å². The molecule has 0 radical (unpaired) electrons. The molecule has 0 atom stereocenters. The van der Waals surface area contributed by atoms with Crippen LogP contribution in [0.25, 0.3) is 0 Å². The smallest absolute Gasteiger partial charge is 0.429 e. The van der Waals surface area contributed by atoms with E-state index in [1.807, 2.05) is 19.9 Å². The van der Waals surface area contributed by atoms with Crippen molar-refractivity contribution < 1.29 is 14.3 Å². The summed E-state index contributed by atoms with van der Waals surface area (Å²) in [5.74, 6) is 0.391. The van der Waals surface area contributed by atoms with Crippen molar-refractivity contribution in [2.75, 3.05) is 6.61 Å². The van der Waals surface area contributed by atoms with E-state index < -0.39 is 9.95 Å². The second kappa shape index (κ2) is 5.80. The molecule has 0 N–H and O–H groups in total. The quantitative estimate of drug-likeness (QED) is 0.466. The maximum atomic E-state index is 11.2. The standard InChI is InChI=1S/C11H11Cl3O3/c1-7-3-4-9(5-8(7)2)17-10(15)16-6-11(12,13)14/h3-5H,6H2,1-2H3. The zero-order chi connectivity index (χ0) is 13.1. The first-order chi connectivity index (χ1) is 7.78. The number of aryl methyl sites for hydroxylation is 2. The van der Waals surface area contributed by atoms with Crippen LogP contribution in [0.15, 0.2) is 18.2 Å². The lowest BCUT2D eigenvalue weighted by molar-refractivity contribution is 0.101. The number of ether oxygens (including phenoxy) is 2. The van der Waals surface area contributed by atoms with E-state index in [0.29, 0.717) is 5.75 Å². The molecule has 0 saturated carbocycles. The Balaban J connectivity index is 2.54. The van der Waals surface area contributed by atoms with Crippen molar-refractivity contribution in [3.05, 3.63) is 29.3 Å². The highest BCUT2D eigenvalue weighted by Gasteiger charge is 2.22. The van der Waals surface area contributed by atoms with Gasteiger partial charge in [0.25, 0.3) is 0 Å². The average molecular weight is 298 g/mol. The van der Waals surface area contributed by atoms with Crippen LogP contribution in [0.4, 0.5) is 4.79 Å². The van der Waals surface area contributed by atoms with E-state index in [1.165, 1.54) is 0 Å². The Hall–Kier alpha value is -0.640. The molecule has 0 heterocycles. The van der Waals surface area contributed by atoms with Crippen molar-refractivity contribution in [3.63, 3.8) is 0 Å². The predicted octanol–water partition coefficient (Wildman–Crippen LogP) is 4.19. The molecule has 0 aliphatic carbocycles. The summed E-state index contributed by atoms with van der Waals surface area (Å²) in [6.07, 6.45) is -0.903. The van der Waals surface area contributed by atoms with Crippen LogP contribution in [0.2, 0.25) is 0 Å². The molecule has 0 amide bonds. The third-order valence-electron chi connectivity index (χ3n) is 2.03. The van der Waals surface area contributed by atoms with Gasteiger partial charge in [0, 0.05) is 0 Å². The minimum Gasteiger partial charge on any atom is -0.429 e. The Labute approximate surface area is 115 Å². The van der Waals surface area contributed by atoms with Crippen molar-refractivity contribution in [1.82, 2.24) is 0 Å². The fraction of sp³-hybridized carbons (Fsp3) is 0.364. The van der Waals surface area contributed by atoms with Gasteiger partial charge < -0.3 is 9.47 Å². The van der Waals surface area contributed by atoms with Gasteiger partial charge in [-0.15, -0.1) is 0 Å². The third kappa shape index (κ3) is 5.48. The number of rotatable bonds is 2. The molecule has 0 aromatic heterocycles. The van der Waals surface area contributed by atoms with Crippen LogP contribution in [0, 0.1) is 13.8 Å². The van der Waals surface area contributed by atoms with Gasteiger partial charge >= 0.3 is 6.16 Å². The number of alkyl halides is 3. The summed E-state index contributed by atoms with van der Waals surface area (Å²) in [6.45, 7) is 3.51. The Morgan fingerprint density at radius 1 is 1.24 bits per heavy atom. The monoisotopic (exact) mass is 296 g/mol. The second-order valence-corrected chi connectivity index (χ2v) is 6.02. The summed E-state index contributed by atoms with van der Waals surface area (Å²) in [5.41, 5.74) is 2.11. The SMILES string of the molecule is Cc1ccc(OC(=O)OCC(Cl)(Cl)Cl)cc1C. The first-order valence-electron chi connectivity index (χ1n) is 4.76. The third-order valence-corrected chi connectivity index (χ3v) is 2.36. The van der Waals surface area contributed by atoms with Crippen LogP contribution in [-0.4, -0.2) is 16.6 Å². The molecule has 0 saturated heterocycles. The average Bonchev–Trinajstić information content (AvgIpc) is 2.20. The first kappa shape index (κ1) is 14.4. The molecule has 1 aromatic carbocycles. The number of halogens is 3. The molecule has 0 spiro atoms. The molecule has 3 nitrogen and oxygen atoms in total. The van der Waals surface area contributed by atoms with Gasteiger partial charge in [-0.3, -0.25) is 0 Å². The molecule has 17 heavy (non-hydrogen) atoms. The second-order valence-electron chi connectivity index (χ2n) is 3.50. The van der Waals surface area contributed by atoms with Crippen LogP contribution in [0.5, 0.6) is 5.75 Å². The van der Waals surface area contributed by atoms with E-state index >= 15 is 0 Å². The first-order valence-corrected chi connectivity index (χ1v) is 5.90. The van der Waals surface area contributed by atoms with E-state index in [9.17, 15) is 4.79 Å². The summed E-state index contributed by atoms with van der Waals surface area (Å²) in [7, 11) is 0. The van der Waals surface area contributed by atoms with Crippen molar-refractivity contribution >= 4 is 41.0 Å². The van der Waals surface area contributed by atoms with Gasteiger partial charge in [0.15, 0.2) is 0 Å². The summed E-state index contributed by atoms with van der Waals surface area (Å²) in [5, 5.41) is 0. The molecule has 0 fully saturated rings. The molecule has 1 rings (SSSR count). The van der Waals surface area contributed by atoms with Crippen LogP contribution in [-0.2, 0) is 4.74 Å². The lowest BCUT2D eigenvalue weighted by atomic mass is 10.1. The Bertz CT molecular complexity index is 413. The topological polar surface area (TPSA) is 35.5 Å². The van der Waals surface area contributed by atoms with Crippen LogP contribution < -0.4 is 4.74 Å². The highest BCUT2D eigenvalue weighted by atomic mass is 35.6. The van der Waals surface area contributed by atoms with E-state index in [0.717, 1.165) is 11.1 Å². The number of benzene rings is 1. The molecule has 0 aliphatic heterocycles. The number of carbonyl (C=O) groups excluding carboxylic acids is 1. The number of hydrogen-bond acceptors (Lipinski definition) is 3. The zero-order valence-electron chi connectivity index (χ0n) is 9.30. The minimum absolute atomic E-state index is 0.360. The fourth-order valence-electron chi connectivity index (χ4n) is 1.04. The van der Waals surface area contributed by atoms with Crippen molar-refractivity contribution in [1.29, 1.82) is 0 Å². The summed E-state index contributed by atoms with van der Waals surface area (Å²) in [6, 6.07) is 5.23. The van der Waals surface area contributed by atoms with Gasteiger partial charge in [0.2, 0.25) is 3.79 Å². The summed E-state index contributed by atoms with van der Waals surface area (Å²) in [4.78, 5) is 11.2. The largest absolute Gasteiger partial charge is 0.513 e. The van der Waals surface area contributed by atoms with Gasteiger partial charge in [0.1, 0.15) is 12.4 Å². The van der Waals surface area contributed by atoms with Crippen LogP contribution in [0.3, 0.4) is 0 Å². The maximum absolute atomic E-state index is 11.2. The molecule has 0 unspecified atom stereocenters. The van der Waals surface area contributed by atoms with Gasteiger partial charge in [-0.2, -0.15) is 0 Å². The highest BCUT2D eigenvalue weighted by Crippen LogP contribution is 2.26. The molecule has 1 aromatic rings. The van der Waals surface area contributed by atoms with Gasteiger partial charge in [-0.25, -0.2) is 4.79 Å². The molecule has 0 aliphatic rings. The Kier molecular flexibility index (Phi) is 4.92. The lowest BCUT2D eigenvalue weighted by Gasteiger charge is -2.11. The van der Waals surface area contributed by atoms with Crippen LogP contribution in [0.1, 0.15) is 11.1 Å². The van der Waals surface area contributed by atoms with E-state index in [4.69, 9.17) is 39.5 Å². The van der Waals surface area contributed by atoms with Crippen molar-refractivity contribution in [2.24, 2.45) is 0 Å². The van der Waals surface area contributed by atoms with Gasteiger partial charge in [0.05, 0.1) is 0 Å². The Morgan fingerprint density at radius 3 is 2.41 bits per heavy atom. The van der Waals surface area contributed by atoms with Crippen LogP contribution >= 0.6 is 34.8 Å². The minimum atomic E-state index is -1.64. The maximum Gasteiger partial charge on any atom is 0.513 e. The van der Waals surface area contributed by atoms with Crippen molar-refractivity contribution in [3.8, 4) is 5.75 Å². The summed E-state index contributed by atoms with van der Waals surface area (Å²) < 4.78 is 7.90. The van der Waals surface area contributed by atoms with E-state index in [-0.39, 0.29) is 6.61 Å². The zero-order valence-corrected chi connectivity index (χ0v) is 11.6. The molecule has 0 bridgehead atoms. The molecular formula is C11H11Cl3O3. The number of carbonyl (C=O) groups is 1. The predicted molar refractivity (Wildman–Crippen MR) is 68.2 cm³/mol. The normalized spacial score (nSPS) is 11.1. The fourth-order valence-corrected chi connectivity index (χ4v) is 1.21. The Morgan fingerprint density at radius 2 is 1.88 bits per heavy atom. The summed E-state index contributed by atoms with van der Waals surface area (Å²) >= 11 is 16.3.